The summed E-state index contributed by atoms with van der Waals surface area (Å²) in [5.74, 6) is 0.455. The number of halogens is 2. The molecule has 0 aliphatic rings. The van der Waals surface area contributed by atoms with Gasteiger partial charge in [-0.05, 0) is 24.6 Å². The number of fused-ring (bicyclic) bond motifs is 3. The molecule has 0 saturated carbocycles. The van der Waals surface area contributed by atoms with Crippen molar-refractivity contribution in [3.63, 3.8) is 0 Å². The van der Waals surface area contributed by atoms with Crippen LogP contribution >= 0.6 is 11.6 Å². The molecule has 0 fully saturated rings. The fourth-order valence-electron chi connectivity index (χ4n) is 1.96. The molecule has 0 aliphatic heterocycles. The van der Waals surface area contributed by atoms with Gasteiger partial charge in [0.05, 0.1) is 11.4 Å². The molecule has 3 aromatic rings. The van der Waals surface area contributed by atoms with Gasteiger partial charge < -0.3 is 5.73 Å². The minimum Gasteiger partial charge on any atom is -0.368 e. The maximum absolute atomic E-state index is 13.5. The van der Waals surface area contributed by atoms with Crippen molar-refractivity contribution in [3.8, 4) is 0 Å². The predicted molar refractivity (Wildman–Crippen MR) is 67.0 cm³/mol. The van der Waals surface area contributed by atoms with Crippen molar-refractivity contribution in [3.05, 3.63) is 29.3 Å². The molecule has 7 heteroatoms. The van der Waals surface area contributed by atoms with Gasteiger partial charge in [0.25, 0.3) is 0 Å². The SMILES string of the molecule is Cc1cc(F)cc2c1nc(N)n1nc(CCl)nc21. The highest BCUT2D eigenvalue weighted by atomic mass is 35.5. The summed E-state index contributed by atoms with van der Waals surface area (Å²) >= 11 is 5.69. The Morgan fingerprint density at radius 3 is 2.89 bits per heavy atom. The zero-order valence-electron chi connectivity index (χ0n) is 9.48. The molecule has 0 atom stereocenters. The van der Waals surface area contributed by atoms with Gasteiger partial charge in [0.2, 0.25) is 5.95 Å². The van der Waals surface area contributed by atoms with Gasteiger partial charge in [-0.25, -0.2) is 14.4 Å². The van der Waals surface area contributed by atoms with Crippen LogP contribution in [0.1, 0.15) is 11.4 Å². The van der Waals surface area contributed by atoms with Crippen LogP contribution in [-0.4, -0.2) is 19.6 Å². The molecule has 0 radical (unpaired) electrons. The minimum atomic E-state index is -0.344. The molecule has 1 aromatic carbocycles. The molecule has 2 heterocycles. The van der Waals surface area contributed by atoms with Gasteiger partial charge in [0, 0.05) is 5.39 Å². The highest BCUT2D eigenvalue weighted by Crippen LogP contribution is 2.23. The minimum absolute atomic E-state index is 0.164. The Morgan fingerprint density at radius 2 is 2.17 bits per heavy atom. The molecule has 3 rings (SSSR count). The second kappa shape index (κ2) is 3.78. The van der Waals surface area contributed by atoms with E-state index >= 15 is 0 Å². The lowest BCUT2D eigenvalue weighted by molar-refractivity contribution is 0.628. The number of rotatable bonds is 1. The lowest BCUT2D eigenvalue weighted by Crippen LogP contribution is -2.03. The van der Waals surface area contributed by atoms with E-state index in [-0.39, 0.29) is 17.6 Å². The largest absolute Gasteiger partial charge is 0.368 e. The molecule has 0 saturated heterocycles. The van der Waals surface area contributed by atoms with Crippen molar-refractivity contribution in [1.82, 2.24) is 19.6 Å². The number of nitrogens with two attached hydrogens (primary N) is 1. The van der Waals surface area contributed by atoms with Gasteiger partial charge >= 0.3 is 0 Å². The molecule has 18 heavy (non-hydrogen) atoms. The number of benzene rings is 1. The van der Waals surface area contributed by atoms with Gasteiger partial charge in [0.15, 0.2) is 11.5 Å². The third kappa shape index (κ3) is 1.49. The average molecular weight is 266 g/mol. The Morgan fingerprint density at radius 1 is 1.39 bits per heavy atom. The summed E-state index contributed by atoms with van der Waals surface area (Å²) in [6.45, 7) is 1.77. The standard InChI is InChI=1S/C11H9ClFN5/c1-5-2-6(13)3-7-9(5)16-11(14)18-10(7)15-8(4-12)17-18/h2-3H,4H2,1H3,(H2,14,16). The molecular weight excluding hydrogens is 257 g/mol. The Bertz CT molecular complexity index is 767. The lowest BCUT2D eigenvalue weighted by atomic mass is 10.1. The van der Waals surface area contributed by atoms with Gasteiger partial charge in [-0.2, -0.15) is 4.52 Å². The van der Waals surface area contributed by atoms with Crippen LogP contribution < -0.4 is 5.73 Å². The number of aromatic nitrogens is 4. The Balaban J connectivity index is 2.54. The van der Waals surface area contributed by atoms with Crippen LogP contribution in [0.5, 0.6) is 0 Å². The van der Waals surface area contributed by atoms with E-state index in [1.54, 1.807) is 6.92 Å². The highest BCUT2D eigenvalue weighted by Gasteiger charge is 2.13. The smallest absolute Gasteiger partial charge is 0.223 e. The zero-order chi connectivity index (χ0) is 12.9. The van der Waals surface area contributed by atoms with Crippen LogP contribution in [0.25, 0.3) is 16.6 Å². The Kier molecular flexibility index (Phi) is 2.34. The first-order valence-electron chi connectivity index (χ1n) is 5.27. The number of anilines is 1. The molecule has 0 bridgehead atoms. The molecule has 0 amide bonds. The third-order valence-corrected chi connectivity index (χ3v) is 2.96. The van der Waals surface area contributed by atoms with Gasteiger partial charge in [-0.1, -0.05) is 0 Å². The van der Waals surface area contributed by atoms with E-state index in [0.29, 0.717) is 27.9 Å². The monoisotopic (exact) mass is 265 g/mol. The van der Waals surface area contributed by atoms with Gasteiger partial charge in [-0.15, -0.1) is 16.7 Å². The second-order valence-electron chi connectivity index (χ2n) is 3.99. The number of nitrogens with zero attached hydrogens (tertiary/aromatic N) is 4. The first-order valence-corrected chi connectivity index (χ1v) is 5.80. The van der Waals surface area contributed by atoms with Crippen LogP contribution in [0, 0.1) is 12.7 Å². The van der Waals surface area contributed by atoms with Crippen molar-refractivity contribution in [2.75, 3.05) is 5.73 Å². The topological polar surface area (TPSA) is 69.1 Å². The van der Waals surface area contributed by atoms with Crippen LogP contribution in [0.15, 0.2) is 12.1 Å². The summed E-state index contributed by atoms with van der Waals surface area (Å²) in [6, 6.07) is 2.78. The summed E-state index contributed by atoms with van der Waals surface area (Å²) in [5, 5.41) is 4.68. The first kappa shape index (κ1) is 11.2. The van der Waals surface area contributed by atoms with Crippen LogP contribution in [0.2, 0.25) is 0 Å². The van der Waals surface area contributed by atoms with E-state index in [4.69, 9.17) is 17.3 Å². The number of hydrogen-bond donors (Lipinski definition) is 1. The van der Waals surface area contributed by atoms with Crippen LogP contribution in [-0.2, 0) is 5.88 Å². The fraction of sp³-hybridized carbons (Fsp3) is 0.182. The van der Waals surface area contributed by atoms with E-state index in [1.165, 1.54) is 16.6 Å². The van der Waals surface area contributed by atoms with Crippen LogP contribution in [0.3, 0.4) is 0 Å². The van der Waals surface area contributed by atoms with Crippen molar-refractivity contribution in [2.24, 2.45) is 0 Å². The van der Waals surface area contributed by atoms with Crippen molar-refractivity contribution >= 4 is 34.1 Å². The fourth-order valence-corrected chi connectivity index (χ4v) is 2.07. The summed E-state index contributed by atoms with van der Waals surface area (Å²) in [6.07, 6.45) is 0. The number of nitrogen functional groups attached to an aromatic ring is 1. The van der Waals surface area contributed by atoms with Crippen molar-refractivity contribution in [2.45, 2.75) is 12.8 Å². The average Bonchev–Trinajstić information content (AvgIpc) is 2.76. The summed E-state index contributed by atoms with van der Waals surface area (Å²) < 4.78 is 14.8. The second-order valence-corrected chi connectivity index (χ2v) is 4.25. The zero-order valence-corrected chi connectivity index (χ0v) is 10.2. The Labute approximate surface area is 106 Å². The summed E-state index contributed by atoms with van der Waals surface area (Å²) in [4.78, 5) is 8.46. The van der Waals surface area contributed by atoms with E-state index in [9.17, 15) is 4.39 Å². The van der Waals surface area contributed by atoms with Crippen LogP contribution in [0.4, 0.5) is 10.3 Å². The quantitative estimate of drug-likeness (QED) is 0.684. The first-order chi connectivity index (χ1) is 8.60. The summed E-state index contributed by atoms with van der Waals surface area (Å²) in [7, 11) is 0. The number of alkyl halides is 1. The molecular formula is C11H9ClFN5. The lowest BCUT2D eigenvalue weighted by Gasteiger charge is -2.05. The molecule has 2 aromatic heterocycles. The molecule has 92 valence electrons. The number of aryl methyl sites for hydroxylation is 1. The molecule has 2 N–H and O–H groups in total. The molecule has 0 unspecified atom stereocenters. The van der Waals surface area contributed by atoms with E-state index < -0.39 is 0 Å². The van der Waals surface area contributed by atoms with Gasteiger partial charge in [0.1, 0.15) is 5.82 Å². The third-order valence-electron chi connectivity index (χ3n) is 2.72. The van der Waals surface area contributed by atoms with E-state index in [0.717, 1.165) is 0 Å². The summed E-state index contributed by atoms with van der Waals surface area (Å²) in [5.41, 5.74) is 7.60. The normalized spacial score (nSPS) is 11.5. The van der Waals surface area contributed by atoms with E-state index in [1.807, 2.05) is 0 Å². The number of hydrogen-bond acceptors (Lipinski definition) is 4. The Hall–Kier alpha value is -1.95. The highest BCUT2D eigenvalue weighted by molar-refractivity contribution is 6.16. The van der Waals surface area contributed by atoms with E-state index in [2.05, 4.69) is 15.1 Å². The molecule has 0 spiro atoms. The van der Waals surface area contributed by atoms with Crippen molar-refractivity contribution in [1.29, 1.82) is 0 Å². The van der Waals surface area contributed by atoms with Gasteiger partial charge in [-0.3, -0.25) is 0 Å². The molecule has 5 nitrogen and oxygen atoms in total. The molecule has 0 aliphatic carbocycles. The van der Waals surface area contributed by atoms with Crippen molar-refractivity contribution < 1.29 is 4.39 Å². The predicted octanol–water partition coefficient (Wildman–Crippen LogP) is 2.05. The maximum atomic E-state index is 13.5. The maximum Gasteiger partial charge on any atom is 0.223 e.